The van der Waals surface area contributed by atoms with Crippen LogP contribution in [0.25, 0.3) is 0 Å². The molecule has 0 atom stereocenters. The molecule has 2 aromatic carbocycles. The zero-order valence-corrected chi connectivity index (χ0v) is 11.3. The molecule has 0 aliphatic rings. The Kier molecular flexibility index (Phi) is 4.07. The fourth-order valence-corrected chi connectivity index (χ4v) is 2.05. The Labute approximate surface area is 117 Å². The number of aromatic hydroxyl groups is 1. The normalized spacial score (nSPS) is 10.2. The summed E-state index contributed by atoms with van der Waals surface area (Å²) < 4.78 is 0. The summed E-state index contributed by atoms with van der Waals surface area (Å²) in [5.74, 6) is -0.0575. The van der Waals surface area contributed by atoms with Crippen molar-refractivity contribution >= 4 is 17.5 Å². The van der Waals surface area contributed by atoms with Gasteiger partial charge in [0.2, 0.25) is 0 Å². The molecule has 0 radical (unpaired) electrons. The van der Waals surface area contributed by atoms with Gasteiger partial charge in [-0.15, -0.1) is 0 Å². The highest BCUT2D eigenvalue weighted by Crippen LogP contribution is 2.15. The third-order valence-electron chi connectivity index (χ3n) is 2.75. The maximum Gasteiger partial charge on any atom is 0.254 e. The number of nitrogens with zero attached hydrogens (tertiary/aromatic N) is 1. The Hall–Kier alpha value is -2.00. The molecule has 1 amide bonds. The van der Waals surface area contributed by atoms with Crippen molar-refractivity contribution in [3.05, 3.63) is 64.7 Å². The van der Waals surface area contributed by atoms with Gasteiger partial charge in [-0.25, -0.2) is 0 Å². The van der Waals surface area contributed by atoms with Crippen molar-refractivity contribution in [2.45, 2.75) is 6.54 Å². The second kappa shape index (κ2) is 5.76. The predicted molar refractivity (Wildman–Crippen MR) is 75.4 cm³/mol. The lowest BCUT2D eigenvalue weighted by molar-refractivity contribution is 0.0784. The van der Waals surface area contributed by atoms with Crippen LogP contribution in [0.4, 0.5) is 0 Å². The number of rotatable bonds is 3. The van der Waals surface area contributed by atoms with Crippen molar-refractivity contribution in [2.24, 2.45) is 0 Å². The summed E-state index contributed by atoms with van der Waals surface area (Å²) in [7, 11) is 1.72. The van der Waals surface area contributed by atoms with Crippen molar-refractivity contribution < 1.29 is 9.90 Å². The second-order valence-corrected chi connectivity index (χ2v) is 4.78. The minimum atomic E-state index is -0.143. The Morgan fingerprint density at radius 2 is 1.95 bits per heavy atom. The van der Waals surface area contributed by atoms with Crippen molar-refractivity contribution in [2.75, 3.05) is 7.05 Å². The van der Waals surface area contributed by atoms with Gasteiger partial charge < -0.3 is 10.0 Å². The topological polar surface area (TPSA) is 40.5 Å². The van der Waals surface area contributed by atoms with E-state index in [0.717, 1.165) is 5.56 Å². The van der Waals surface area contributed by atoms with E-state index in [0.29, 0.717) is 17.1 Å². The van der Waals surface area contributed by atoms with Crippen LogP contribution in [0.5, 0.6) is 5.75 Å². The minimum Gasteiger partial charge on any atom is -0.508 e. The van der Waals surface area contributed by atoms with E-state index in [-0.39, 0.29) is 11.7 Å². The van der Waals surface area contributed by atoms with E-state index < -0.39 is 0 Å². The van der Waals surface area contributed by atoms with Crippen LogP contribution < -0.4 is 0 Å². The predicted octanol–water partition coefficient (Wildman–Crippen LogP) is 3.32. The van der Waals surface area contributed by atoms with E-state index >= 15 is 0 Å². The number of carbonyl (C=O) groups excluding carboxylic acids is 1. The second-order valence-electron chi connectivity index (χ2n) is 4.34. The van der Waals surface area contributed by atoms with E-state index in [2.05, 4.69) is 0 Å². The zero-order valence-electron chi connectivity index (χ0n) is 10.5. The molecule has 0 saturated heterocycles. The molecule has 19 heavy (non-hydrogen) atoms. The molecule has 0 unspecified atom stereocenters. The van der Waals surface area contributed by atoms with Gasteiger partial charge in [0.1, 0.15) is 5.75 Å². The monoisotopic (exact) mass is 275 g/mol. The molecule has 0 aliphatic carbocycles. The first kappa shape index (κ1) is 13.4. The van der Waals surface area contributed by atoms with Crippen LogP contribution in [0.15, 0.2) is 48.5 Å². The lowest BCUT2D eigenvalue weighted by Gasteiger charge is -2.17. The smallest absolute Gasteiger partial charge is 0.254 e. The standard InChI is InChI=1S/C15H14ClNO2/c1-17(10-11-4-2-6-13(16)8-11)15(19)12-5-3-7-14(18)9-12/h2-9,18H,10H2,1H3. The van der Waals surface area contributed by atoms with Gasteiger partial charge in [-0.3, -0.25) is 4.79 Å². The lowest BCUT2D eigenvalue weighted by Crippen LogP contribution is -2.26. The molecule has 3 nitrogen and oxygen atoms in total. The highest BCUT2D eigenvalue weighted by atomic mass is 35.5. The maximum absolute atomic E-state index is 12.2. The highest BCUT2D eigenvalue weighted by Gasteiger charge is 2.12. The first-order valence-electron chi connectivity index (χ1n) is 5.85. The molecule has 0 spiro atoms. The molecule has 0 bridgehead atoms. The molecule has 1 N–H and O–H groups in total. The Bertz CT molecular complexity index is 598. The summed E-state index contributed by atoms with van der Waals surface area (Å²) in [5, 5.41) is 10.0. The molecule has 0 saturated carbocycles. The number of hydrogen-bond acceptors (Lipinski definition) is 2. The van der Waals surface area contributed by atoms with Crippen LogP contribution >= 0.6 is 11.6 Å². The Morgan fingerprint density at radius 1 is 1.21 bits per heavy atom. The SMILES string of the molecule is CN(Cc1cccc(Cl)c1)C(=O)c1cccc(O)c1. The fourth-order valence-electron chi connectivity index (χ4n) is 1.84. The van der Waals surface area contributed by atoms with Gasteiger partial charge in [0.15, 0.2) is 0 Å². The maximum atomic E-state index is 12.2. The molecule has 2 rings (SSSR count). The fraction of sp³-hybridized carbons (Fsp3) is 0.133. The van der Waals surface area contributed by atoms with E-state index in [4.69, 9.17) is 11.6 Å². The van der Waals surface area contributed by atoms with Crippen molar-refractivity contribution in [3.63, 3.8) is 0 Å². The van der Waals surface area contributed by atoms with Crippen LogP contribution in [-0.4, -0.2) is 23.0 Å². The average molecular weight is 276 g/mol. The molecule has 4 heteroatoms. The first-order valence-corrected chi connectivity index (χ1v) is 6.23. The van der Waals surface area contributed by atoms with Crippen LogP contribution in [0.3, 0.4) is 0 Å². The Balaban J connectivity index is 2.12. The number of phenolic OH excluding ortho intramolecular Hbond substituents is 1. The Morgan fingerprint density at radius 3 is 2.63 bits per heavy atom. The number of benzene rings is 2. The quantitative estimate of drug-likeness (QED) is 0.933. The summed E-state index contributed by atoms with van der Waals surface area (Å²) in [4.78, 5) is 13.8. The summed E-state index contributed by atoms with van der Waals surface area (Å²) in [6.07, 6.45) is 0. The van der Waals surface area contributed by atoms with E-state index in [1.807, 2.05) is 18.2 Å². The van der Waals surface area contributed by atoms with E-state index in [1.165, 1.54) is 12.1 Å². The van der Waals surface area contributed by atoms with Gasteiger partial charge in [0.25, 0.3) is 5.91 Å². The molecule has 0 fully saturated rings. The van der Waals surface area contributed by atoms with Crippen LogP contribution in [-0.2, 0) is 6.54 Å². The van der Waals surface area contributed by atoms with Crippen LogP contribution in [0.2, 0.25) is 5.02 Å². The van der Waals surface area contributed by atoms with Crippen molar-refractivity contribution in [1.82, 2.24) is 4.90 Å². The molecule has 0 aromatic heterocycles. The first-order chi connectivity index (χ1) is 9.06. The van der Waals surface area contributed by atoms with Gasteiger partial charge in [-0.1, -0.05) is 29.8 Å². The number of amides is 1. The van der Waals surface area contributed by atoms with Gasteiger partial charge in [-0.05, 0) is 35.9 Å². The van der Waals surface area contributed by atoms with Crippen LogP contribution in [0.1, 0.15) is 15.9 Å². The number of halogens is 1. The summed E-state index contributed by atoms with van der Waals surface area (Å²) in [6.45, 7) is 0.467. The average Bonchev–Trinajstić information content (AvgIpc) is 2.38. The van der Waals surface area contributed by atoms with Crippen molar-refractivity contribution in [3.8, 4) is 5.75 Å². The van der Waals surface area contributed by atoms with E-state index in [9.17, 15) is 9.90 Å². The number of carbonyl (C=O) groups is 1. The van der Waals surface area contributed by atoms with Crippen molar-refractivity contribution in [1.29, 1.82) is 0 Å². The molecule has 0 heterocycles. The summed E-state index contributed by atoms with van der Waals surface area (Å²) in [5.41, 5.74) is 1.42. The van der Waals surface area contributed by atoms with Gasteiger partial charge in [0.05, 0.1) is 0 Å². The molecular formula is C15H14ClNO2. The third kappa shape index (κ3) is 3.48. The molecular weight excluding hydrogens is 262 g/mol. The molecule has 0 aliphatic heterocycles. The number of hydrogen-bond donors (Lipinski definition) is 1. The largest absolute Gasteiger partial charge is 0.508 e. The molecule has 98 valence electrons. The van der Waals surface area contributed by atoms with Gasteiger partial charge >= 0.3 is 0 Å². The lowest BCUT2D eigenvalue weighted by atomic mass is 10.1. The summed E-state index contributed by atoms with van der Waals surface area (Å²) in [6, 6.07) is 13.7. The van der Waals surface area contributed by atoms with Gasteiger partial charge in [-0.2, -0.15) is 0 Å². The summed E-state index contributed by atoms with van der Waals surface area (Å²) >= 11 is 5.91. The third-order valence-corrected chi connectivity index (χ3v) is 2.98. The van der Waals surface area contributed by atoms with E-state index in [1.54, 1.807) is 30.1 Å². The highest BCUT2D eigenvalue weighted by molar-refractivity contribution is 6.30. The minimum absolute atomic E-state index is 0.0852. The zero-order chi connectivity index (χ0) is 13.8. The number of phenols is 1. The van der Waals surface area contributed by atoms with Crippen LogP contribution in [0, 0.1) is 0 Å². The van der Waals surface area contributed by atoms with Gasteiger partial charge in [0, 0.05) is 24.2 Å². The molecule has 2 aromatic rings.